The van der Waals surface area contributed by atoms with Crippen LogP contribution in [0, 0.1) is 0 Å². The van der Waals surface area contributed by atoms with Crippen LogP contribution >= 0.6 is 0 Å². The Balaban J connectivity index is 2.62. The number of benzene rings is 1. The van der Waals surface area contributed by atoms with Crippen LogP contribution in [-0.2, 0) is 0 Å². The summed E-state index contributed by atoms with van der Waals surface area (Å²) in [6, 6.07) is 6.66. The molecule has 0 aromatic heterocycles. The molecule has 4 heteroatoms. The number of nitrogens with two attached hydrogens (primary N) is 2. The molecule has 1 aliphatic rings. The summed E-state index contributed by atoms with van der Waals surface area (Å²) in [4.78, 5) is 0. The molecule has 2 rings (SSSR count). The molecule has 1 aromatic rings. The van der Waals surface area contributed by atoms with E-state index in [1.165, 1.54) is 6.07 Å². The molecule has 0 atom stereocenters. The van der Waals surface area contributed by atoms with Gasteiger partial charge in [0, 0.05) is 17.6 Å². The predicted octanol–water partition coefficient (Wildman–Crippen LogP) is 1.23. The second kappa shape index (κ2) is 3.66. The van der Waals surface area contributed by atoms with Crippen LogP contribution in [0.4, 0.5) is 0 Å². The van der Waals surface area contributed by atoms with Crippen LogP contribution in [0.25, 0.3) is 5.57 Å². The van der Waals surface area contributed by atoms with Crippen molar-refractivity contribution in [3.8, 4) is 5.75 Å². The summed E-state index contributed by atoms with van der Waals surface area (Å²) in [6.45, 7) is 0. The molecule has 0 saturated carbocycles. The fourth-order valence-electron chi connectivity index (χ4n) is 1.86. The average molecular weight is 218 g/mol. The number of rotatable bonds is 1. The topological polar surface area (TPSA) is 92.5 Å². The van der Waals surface area contributed by atoms with E-state index in [0.29, 0.717) is 17.6 Å². The summed E-state index contributed by atoms with van der Waals surface area (Å²) in [6.07, 6.45) is 3.67. The van der Waals surface area contributed by atoms with Crippen molar-refractivity contribution in [3.05, 3.63) is 47.7 Å². The van der Waals surface area contributed by atoms with Crippen molar-refractivity contribution in [1.82, 2.24) is 0 Å². The Bertz CT molecular complexity index is 476. The highest BCUT2D eigenvalue weighted by molar-refractivity contribution is 5.80. The van der Waals surface area contributed by atoms with Crippen molar-refractivity contribution in [2.24, 2.45) is 11.5 Å². The molecule has 1 aliphatic carbocycles. The van der Waals surface area contributed by atoms with Crippen LogP contribution < -0.4 is 11.5 Å². The molecule has 0 aliphatic heterocycles. The average Bonchev–Trinajstić information content (AvgIpc) is 2.19. The fourth-order valence-corrected chi connectivity index (χ4v) is 1.86. The Kier molecular flexibility index (Phi) is 2.46. The second-order valence-corrected chi connectivity index (χ2v) is 3.92. The number of aromatic hydroxyl groups is 1. The summed E-state index contributed by atoms with van der Waals surface area (Å²) in [5.41, 5.74) is 11.5. The molecule has 6 N–H and O–H groups in total. The molecular formula is C12H14N2O2. The molecule has 16 heavy (non-hydrogen) atoms. The van der Waals surface area contributed by atoms with E-state index in [2.05, 4.69) is 0 Å². The van der Waals surface area contributed by atoms with E-state index in [0.717, 1.165) is 0 Å². The molecular weight excluding hydrogens is 204 g/mol. The minimum atomic E-state index is -1.16. The third-order valence-electron chi connectivity index (χ3n) is 2.63. The number of para-hydroxylation sites is 1. The lowest BCUT2D eigenvalue weighted by Gasteiger charge is -2.30. The lowest BCUT2D eigenvalue weighted by Crippen LogP contribution is -2.51. The first-order chi connectivity index (χ1) is 7.52. The smallest absolute Gasteiger partial charge is 0.123 e. The number of hydrogen-bond acceptors (Lipinski definition) is 4. The zero-order chi connectivity index (χ0) is 11.8. The normalized spacial score (nSPS) is 18.9. The molecule has 0 bridgehead atoms. The van der Waals surface area contributed by atoms with Gasteiger partial charge in [-0.1, -0.05) is 24.3 Å². The standard InChI is InChI=1S/C12H14N2O2/c13-12(14)7-3-6-10(16)11(12)8-4-1-2-5-9(8)15/h1-6,15-16H,7,13-14H2. The monoisotopic (exact) mass is 218 g/mol. The van der Waals surface area contributed by atoms with E-state index in [1.54, 1.807) is 30.4 Å². The van der Waals surface area contributed by atoms with E-state index < -0.39 is 5.66 Å². The van der Waals surface area contributed by atoms with Gasteiger partial charge in [0.2, 0.25) is 0 Å². The van der Waals surface area contributed by atoms with Gasteiger partial charge in [0.05, 0.1) is 5.66 Å². The SMILES string of the molecule is NC1(N)CC=CC(O)=C1c1ccccc1O. The Morgan fingerprint density at radius 1 is 1.12 bits per heavy atom. The maximum atomic E-state index is 9.80. The van der Waals surface area contributed by atoms with Crippen molar-refractivity contribution in [1.29, 1.82) is 0 Å². The Morgan fingerprint density at radius 2 is 1.81 bits per heavy atom. The summed E-state index contributed by atoms with van der Waals surface area (Å²) < 4.78 is 0. The summed E-state index contributed by atoms with van der Waals surface area (Å²) in [5.74, 6) is 0.0531. The number of aliphatic hydroxyl groups is 1. The molecule has 0 radical (unpaired) electrons. The van der Waals surface area contributed by atoms with Gasteiger partial charge in [-0.25, -0.2) is 0 Å². The summed E-state index contributed by atoms with van der Waals surface area (Å²) in [7, 11) is 0. The van der Waals surface area contributed by atoms with Crippen LogP contribution in [-0.4, -0.2) is 15.9 Å². The first kappa shape index (κ1) is 10.7. The highest BCUT2D eigenvalue weighted by Gasteiger charge is 2.31. The number of phenolic OH excluding ortho intramolecular Hbond substituents is 1. The fraction of sp³-hybridized carbons (Fsp3) is 0.167. The van der Waals surface area contributed by atoms with Gasteiger partial charge in [0.25, 0.3) is 0 Å². The Hall–Kier alpha value is -1.78. The van der Waals surface area contributed by atoms with Gasteiger partial charge in [0.15, 0.2) is 0 Å². The predicted molar refractivity (Wildman–Crippen MR) is 62.5 cm³/mol. The van der Waals surface area contributed by atoms with Crippen molar-refractivity contribution in [2.75, 3.05) is 0 Å². The number of phenols is 1. The highest BCUT2D eigenvalue weighted by Crippen LogP contribution is 2.35. The molecule has 0 heterocycles. The minimum Gasteiger partial charge on any atom is -0.508 e. The lowest BCUT2D eigenvalue weighted by atomic mass is 9.86. The van der Waals surface area contributed by atoms with Gasteiger partial charge >= 0.3 is 0 Å². The number of allylic oxidation sites excluding steroid dienone is 1. The molecule has 0 fully saturated rings. The highest BCUT2D eigenvalue weighted by atomic mass is 16.3. The van der Waals surface area contributed by atoms with E-state index in [4.69, 9.17) is 11.5 Å². The van der Waals surface area contributed by atoms with E-state index in [1.807, 2.05) is 0 Å². The number of hydrogen-bond donors (Lipinski definition) is 4. The molecule has 1 aromatic carbocycles. The molecule has 0 unspecified atom stereocenters. The van der Waals surface area contributed by atoms with Gasteiger partial charge in [-0.3, -0.25) is 0 Å². The maximum absolute atomic E-state index is 9.80. The van der Waals surface area contributed by atoms with Gasteiger partial charge in [-0.15, -0.1) is 0 Å². The third-order valence-corrected chi connectivity index (χ3v) is 2.63. The first-order valence-electron chi connectivity index (χ1n) is 4.99. The van der Waals surface area contributed by atoms with Gasteiger partial charge in [0.1, 0.15) is 11.5 Å². The Labute approximate surface area is 93.5 Å². The zero-order valence-electron chi connectivity index (χ0n) is 8.72. The lowest BCUT2D eigenvalue weighted by molar-refractivity contribution is 0.414. The molecule has 0 spiro atoms. The van der Waals surface area contributed by atoms with E-state index in [-0.39, 0.29) is 11.5 Å². The first-order valence-corrected chi connectivity index (χ1v) is 4.99. The minimum absolute atomic E-state index is 0.00208. The van der Waals surface area contributed by atoms with Crippen molar-refractivity contribution in [3.63, 3.8) is 0 Å². The maximum Gasteiger partial charge on any atom is 0.123 e. The van der Waals surface area contributed by atoms with Crippen molar-refractivity contribution >= 4 is 5.57 Å². The van der Waals surface area contributed by atoms with Crippen LogP contribution in [0.15, 0.2) is 42.2 Å². The molecule has 0 saturated heterocycles. The van der Waals surface area contributed by atoms with E-state index >= 15 is 0 Å². The van der Waals surface area contributed by atoms with Crippen LogP contribution in [0.1, 0.15) is 12.0 Å². The Morgan fingerprint density at radius 3 is 2.44 bits per heavy atom. The third kappa shape index (κ3) is 1.68. The van der Waals surface area contributed by atoms with Gasteiger partial charge in [-0.05, 0) is 12.1 Å². The number of aliphatic hydroxyl groups excluding tert-OH is 1. The van der Waals surface area contributed by atoms with Gasteiger partial charge < -0.3 is 21.7 Å². The van der Waals surface area contributed by atoms with Crippen LogP contribution in [0.2, 0.25) is 0 Å². The quantitative estimate of drug-likeness (QED) is 0.533. The van der Waals surface area contributed by atoms with E-state index in [9.17, 15) is 10.2 Å². The molecule has 4 nitrogen and oxygen atoms in total. The largest absolute Gasteiger partial charge is 0.508 e. The second-order valence-electron chi connectivity index (χ2n) is 3.92. The van der Waals surface area contributed by atoms with Crippen molar-refractivity contribution < 1.29 is 10.2 Å². The summed E-state index contributed by atoms with van der Waals surface area (Å²) in [5, 5.41) is 19.5. The van der Waals surface area contributed by atoms with Crippen molar-refractivity contribution in [2.45, 2.75) is 12.1 Å². The summed E-state index contributed by atoms with van der Waals surface area (Å²) >= 11 is 0. The van der Waals surface area contributed by atoms with Crippen LogP contribution in [0.5, 0.6) is 5.75 Å². The molecule has 0 amide bonds. The van der Waals surface area contributed by atoms with Crippen LogP contribution in [0.3, 0.4) is 0 Å². The zero-order valence-corrected chi connectivity index (χ0v) is 8.72. The van der Waals surface area contributed by atoms with Gasteiger partial charge in [-0.2, -0.15) is 0 Å². The molecule has 84 valence electrons.